The summed E-state index contributed by atoms with van der Waals surface area (Å²) in [4.78, 5) is 15.8. The van der Waals surface area contributed by atoms with E-state index in [1.165, 1.54) is 25.4 Å². The van der Waals surface area contributed by atoms with Gasteiger partial charge in [-0.2, -0.15) is 0 Å². The zero-order chi connectivity index (χ0) is 14.0. The standard InChI is InChI=1S/C14H15FN2O2/c1-9-6-12(15)5-4-11(9)8-17-10(2)16-7-13(17)14(18)19-3/h4-7H,8H2,1-3H3. The Morgan fingerprint density at radius 3 is 2.79 bits per heavy atom. The van der Waals surface area contributed by atoms with Crippen LogP contribution in [-0.4, -0.2) is 22.6 Å². The summed E-state index contributed by atoms with van der Waals surface area (Å²) in [5.41, 5.74) is 2.17. The average Bonchev–Trinajstić information content (AvgIpc) is 2.73. The van der Waals surface area contributed by atoms with Gasteiger partial charge < -0.3 is 9.30 Å². The molecule has 2 aromatic rings. The zero-order valence-corrected chi connectivity index (χ0v) is 11.1. The van der Waals surface area contributed by atoms with Crippen LogP contribution >= 0.6 is 0 Å². The van der Waals surface area contributed by atoms with E-state index >= 15 is 0 Å². The Balaban J connectivity index is 2.38. The second-order valence-corrected chi connectivity index (χ2v) is 4.34. The molecule has 0 spiro atoms. The molecule has 0 saturated carbocycles. The van der Waals surface area contributed by atoms with Crippen LogP contribution in [0.4, 0.5) is 4.39 Å². The van der Waals surface area contributed by atoms with Crippen molar-refractivity contribution in [3.8, 4) is 0 Å². The number of halogens is 1. The van der Waals surface area contributed by atoms with E-state index in [0.29, 0.717) is 18.1 Å². The SMILES string of the molecule is COC(=O)c1cnc(C)n1Cc1ccc(F)cc1C. The lowest BCUT2D eigenvalue weighted by Crippen LogP contribution is -2.13. The average molecular weight is 262 g/mol. The minimum absolute atomic E-state index is 0.267. The lowest BCUT2D eigenvalue weighted by Gasteiger charge is -2.11. The largest absolute Gasteiger partial charge is 0.464 e. The Morgan fingerprint density at radius 2 is 2.16 bits per heavy atom. The lowest BCUT2D eigenvalue weighted by atomic mass is 10.1. The number of aromatic nitrogens is 2. The van der Waals surface area contributed by atoms with Gasteiger partial charge in [0.25, 0.3) is 0 Å². The number of nitrogens with zero attached hydrogens (tertiary/aromatic N) is 2. The molecule has 100 valence electrons. The zero-order valence-electron chi connectivity index (χ0n) is 11.1. The number of benzene rings is 1. The molecule has 0 aliphatic heterocycles. The van der Waals surface area contributed by atoms with Crippen molar-refractivity contribution in [1.29, 1.82) is 0 Å². The van der Waals surface area contributed by atoms with Gasteiger partial charge in [-0.15, -0.1) is 0 Å². The van der Waals surface area contributed by atoms with Gasteiger partial charge in [0, 0.05) is 6.54 Å². The van der Waals surface area contributed by atoms with Crippen molar-refractivity contribution in [1.82, 2.24) is 9.55 Å². The molecular weight excluding hydrogens is 247 g/mol. The fraction of sp³-hybridized carbons (Fsp3) is 0.286. The highest BCUT2D eigenvalue weighted by Gasteiger charge is 2.15. The van der Waals surface area contributed by atoms with Crippen molar-refractivity contribution in [3.05, 3.63) is 52.9 Å². The number of rotatable bonds is 3. The van der Waals surface area contributed by atoms with Crippen LogP contribution in [0.1, 0.15) is 27.4 Å². The van der Waals surface area contributed by atoms with Crippen LogP contribution in [0.25, 0.3) is 0 Å². The molecule has 0 aliphatic rings. The summed E-state index contributed by atoms with van der Waals surface area (Å²) >= 11 is 0. The monoisotopic (exact) mass is 262 g/mol. The Hall–Kier alpha value is -2.17. The fourth-order valence-electron chi connectivity index (χ4n) is 1.94. The maximum atomic E-state index is 13.1. The molecule has 1 heterocycles. The molecule has 0 bridgehead atoms. The van der Waals surface area contributed by atoms with Gasteiger partial charge in [-0.05, 0) is 37.1 Å². The van der Waals surface area contributed by atoms with E-state index in [2.05, 4.69) is 4.98 Å². The van der Waals surface area contributed by atoms with Crippen molar-refractivity contribution >= 4 is 5.97 Å². The third-order valence-corrected chi connectivity index (χ3v) is 3.08. The molecule has 1 aromatic heterocycles. The van der Waals surface area contributed by atoms with E-state index in [9.17, 15) is 9.18 Å². The molecule has 5 heteroatoms. The number of carbonyl (C=O) groups is 1. The molecule has 0 aliphatic carbocycles. The van der Waals surface area contributed by atoms with Gasteiger partial charge in [0.2, 0.25) is 0 Å². The summed E-state index contributed by atoms with van der Waals surface area (Å²) in [5, 5.41) is 0. The summed E-state index contributed by atoms with van der Waals surface area (Å²) in [6, 6.07) is 4.59. The number of carbonyl (C=O) groups excluding carboxylic acids is 1. The quantitative estimate of drug-likeness (QED) is 0.798. The van der Waals surface area contributed by atoms with Gasteiger partial charge in [-0.1, -0.05) is 6.07 Å². The molecule has 0 fully saturated rings. The van der Waals surface area contributed by atoms with Crippen LogP contribution in [-0.2, 0) is 11.3 Å². The third kappa shape index (κ3) is 2.65. The Bertz CT molecular complexity index is 620. The lowest BCUT2D eigenvalue weighted by molar-refractivity contribution is 0.0588. The first-order valence-corrected chi connectivity index (χ1v) is 5.88. The van der Waals surface area contributed by atoms with Crippen LogP contribution in [0.3, 0.4) is 0 Å². The highest BCUT2D eigenvalue weighted by atomic mass is 19.1. The highest BCUT2D eigenvalue weighted by molar-refractivity contribution is 5.87. The van der Waals surface area contributed by atoms with Crippen LogP contribution in [0.2, 0.25) is 0 Å². The molecule has 0 amide bonds. The molecule has 0 unspecified atom stereocenters. The number of hydrogen-bond acceptors (Lipinski definition) is 3. The smallest absolute Gasteiger partial charge is 0.356 e. The number of aryl methyl sites for hydroxylation is 2. The number of methoxy groups -OCH3 is 1. The van der Waals surface area contributed by atoms with E-state index in [1.807, 2.05) is 13.8 Å². The normalized spacial score (nSPS) is 10.5. The van der Waals surface area contributed by atoms with E-state index < -0.39 is 5.97 Å². The van der Waals surface area contributed by atoms with Crippen molar-refractivity contribution in [2.24, 2.45) is 0 Å². The van der Waals surface area contributed by atoms with Gasteiger partial charge in [0.1, 0.15) is 17.3 Å². The second-order valence-electron chi connectivity index (χ2n) is 4.34. The molecular formula is C14H15FN2O2. The van der Waals surface area contributed by atoms with Crippen molar-refractivity contribution in [2.45, 2.75) is 20.4 Å². The van der Waals surface area contributed by atoms with Crippen LogP contribution in [0.5, 0.6) is 0 Å². The molecule has 1 aromatic carbocycles. The summed E-state index contributed by atoms with van der Waals surface area (Å²) in [6.07, 6.45) is 1.49. The Kier molecular flexibility index (Phi) is 3.64. The van der Waals surface area contributed by atoms with E-state index in [1.54, 1.807) is 10.6 Å². The number of hydrogen-bond donors (Lipinski definition) is 0. The molecule has 2 rings (SSSR count). The number of ether oxygens (including phenoxy) is 1. The van der Waals surface area contributed by atoms with Gasteiger partial charge >= 0.3 is 5.97 Å². The Morgan fingerprint density at radius 1 is 1.42 bits per heavy atom. The maximum absolute atomic E-state index is 13.1. The van der Waals surface area contributed by atoms with Gasteiger partial charge in [-0.3, -0.25) is 0 Å². The fourth-order valence-corrected chi connectivity index (χ4v) is 1.94. The first kappa shape index (κ1) is 13.3. The molecule has 0 radical (unpaired) electrons. The summed E-state index contributed by atoms with van der Waals surface area (Å²) in [7, 11) is 1.33. The predicted octanol–water partition coefficient (Wildman–Crippen LogP) is 2.47. The van der Waals surface area contributed by atoms with Gasteiger partial charge in [-0.25, -0.2) is 14.2 Å². The van der Waals surface area contributed by atoms with Gasteiger partial charge in [0.05, 0.1) is 13.3 Å². The first-order valence-electron chi connectivity index (χ1n) is 5.88. The van der Waals surface area contributed by atoms with Crippen LogP contribution in [0.15, 0.2) is 24.4 Å². The van der Waals surface area contributed by atoms with E-state index in [-0.39, 0.29) is 5.82 Å². The van der Waals surface area contributed by atoms with Crippen LogP contribution < -0.4 is 0 Å². The summed E-state index contributed by atoms with van der Waals surface area (Å²) < 4.78 is 19.5. The topological polar surface area (TPSA) is 44.1 Å². The molecule has 4 nitrogen and oxygen atoms in total. The van der Waals surface area contributed by atoms with Crippen molar-refractivity contribution in [2.75, 3.05) is 7.11 Å². The third-order valence-electron chi connectivity index (χ3n) is 3.08. The molecule has 0 atom stereocenters. The van der Waals surface area contributed by atoms with Crippen molar-refractivity contribution in [3.63, 3.8) is 0 Å². The van der Waals surface area contributed by atoms with Gasteiger partial charge in [0.15, 0.2) is 0 Å². The minimum atomic E-state index is -0.430. The predicted molar refractivity (Wildman–Crippen MR) is 68.5 cm³/mol. The number of imidazole rings is 1. The molecule has 0 saturated heterocycles. The second kappa shape index (κ2) is 5.22. The summed E-state index contributed by atoms with van der Waals surface area (Å²) in [5.74, 6) is 0.0151. The molecule has 19 heavy (non-hydrogen) atoms. The Labute approximate surface area is 110 Å². The molecule has 0 N–H and O–H groups in total. The first-order chi connectivity index (χ1) is 9.02. The highest BCUT2D eigenvalue weighted by Crippen LogP contribution is 2.15. The summed E-state index contributed by atoms with van der Waals surface area (Å²) in [6.45, 7) is 4.11. The minimum Gasteiger partial charge on any atom is -0.464 e. The number of esters is 1. The maximum Gasteiger partial charge on any atom is 0.356 e. The van der Waals surface area contributed by atoms with E-state index in [4.69, 9.17) is 4.74 Å². The van der Waals surface area contributed by atoms with Crippen LogP contribution in [0, 0.1) is 19.7 Å². The van der Waals surface area contributed by atoms with Crippen molar-refractivity contribution < 1.29 is 13.9 Å². The van der Waals surface area contributed by atoms with E-state index in [0.717, 1.165) is 11.1 Å².